The molecule has 2 aromatic carbocycles. The normalized spacial score (nSPS) is 15.1. The Morgan fingerprint density at radius 1 is 1.03 bits per heavy atom. The molecule has 1 saturated carbocycles. The number of hydrogen-bond donors (Lipinski definition) is 0. The molecule has 4 aromatic rings. The number of methoxy groups -OCH3 is 1. The van der Waals surface area contributed by atoms with E-state index < -0.39 is 0 Å². The standard InChI is InChI=1S/C26H27O4/c1-17-16-29-23-11-10-22(27-2)26(25(17)23)24-15-19-14-20(8-9-21(19)30-24)28-13-12-18-6-4-3-5-7-18/h8-11,14-15,18H,3-7,12-13H2,1-2H3. The summed E-state index contributed by atoms with van der Waals surface area (Å²) in [6, 6.07) is 11.9. The monoisotopic (exact) mass is 403 g/mol. The van der Waals surface area contributed by atoms with Crippen molar-refractivity contribution in [3.63, 3.8) is 0 Å². The third-order valence-electron chi connectivity index (χ3n) is 6.29. The minimum Gasteiger partial charge on any atom is -0.496 e. The summed E-state index contributed by atoms with van der Waals surface area (Å²) in [4.78, 5) is 0. The highest BCUT2D eigenvalue weighted by Gasteiger charge is 2.19. The summed E-state index contributed by atoms with van der Waals surface area (Å²) in [6.45, 7) is 2.76. The van der Waals surface area contributed by atoms with Crippen LogP contribution in [0.25, 0.3) is 33.3 Å². The molecule has 30 heavy (non-hydrogen) atoms. The van der Waals surface area contributed by atoms with Crippen LogP contribution in [0.5, 0.6) is 11.5 Å². The molecule has 0 atom stereocenters. The summed E-state index contributed by atoms with van der Waals surface area (Å²) in [5.74, 6) is 3.22. The van der Waals surface area contributed by atoms with E-state index in [0.29, 0.717) is 0 Å². The predicted molar refractivity (Wildman–Crippen MR) is 118 cm³/mol. The Balaban J connectivity index is 1.42. The third-order valence-corrected chi connectivity index (χ3v) is 6.29. The number of rotatable bonds is 6. The predicted octanol–water partition coefficient (Wildman–Crippen LogP) is 7.31. The maximum absolute atomic E-state index is 6.19. The summed E-state index contributed by atoms with van der Waals surface area (Å²) in [7, 11) is 1.67. The van der Waals surface area contributed by atoms with Crippen LogP contribution in [0.3, 0.4) is 0 Å². The lowest BCUT2D eigenvalue weighted by Gasteiger charge is -2.21. The van der Waals surface area contributed by atoms with E-state index in [2.05, 4.69) is 12.3 Å². The minimum atomic E-state index is 0.753. The lowest BCUT2D eigenvalue weighted by molar-refractivity contribution is 0.246. The van der Waals surface area contributed by atoms with E-state index >= 15 is 0 Å². The SMILES string of the molecule is COc1ccc2o[c]c(C)c2c1-c1cc2cc(OCCC3CCCCC3)ccc2o1. The van der Waals surface area contributed by atoms with Gasteiger partial charge in [0.1, 0.15) is 28.4 Å². The first-order valence-electron chi connectivity index (χ1n) is 10.9. The van der Waals surface area contributed by atoms with Gasteiger partial charge in [-0.15, -0.1) is 0 Å². The number of benzene rings is 2. The van der Waals surface area contributed by atoms with Crippen molar-refractivity contribution in [1.82, 2.24) is 0 Å². The second-order valence-electron chi connectivity index (χ2n) is 8.30. The fourth-order valence-electron chi connectivity index (χ4n) is 4.67. The fourth-order valence-corrected chi connectivity index (χ4v) is 4.67. The van der Waals surface area contributed by atoms with Crippen LogP contribution >= 0.6 is 0 Å². The fraction of sp³-hybridized carbons (Fsp3) is 0.385. The van der Waals surface area contributed by atoms with E-state index in [4.69, 9.17) is 18.3 Å². The third kappa shape index (κ3) is 3.55. The van der Waals surface area contributed by atoms with Crippen molar-refractivity contribution in [1.29, 1.82) is 0 Å². The molecule has 1 aliphatic rings. The van der Waals surface area contributed by atoms with Crippen molar-refractivity contribution in [3.8, 4) is 22.8 Å². The molecule has 0 amide bonds. The molecule has 155 valence electrons. The lowest BCUT2D eigenvalue weighted by Crippen LogP contribution is -2.10. The van der Waals surface area contributed by atoms with Gasteiger partial charge < -0.3 is 18.3 Å². The van der Waals surface area contributed by atoms with Crippen molar-refractivity contribution < 1.29 is 18.3 Å². The molecule has 0 bridgehead atoms. The highest BCUT2D eigenvalue weighted by Crippen LogP contribution is 2.41. The van der Waals surface area contributed by atoms with Crippen molar-refractivity contribution in [2.24, 2.45) is 5.92 Å². The van der Waals surface area contributed by atoms with Gasteiger partial charge in [0.25, 0.3) is 0 Å². The van der Waals surface area contributed by atoms with Crippen LogP contribution in [-0.2, 0) is 0 Å². The zero-order valence-corrected chi connectivity index (χ0v) is 17.6. The van der Waals surface area contributed by atoms with Crippen LogP contribution in [-0.4, -0.2) is 13.7 Å². The van der Waals surface area contributed by atoms with Gasteiger partial charge in [-0.2, -0.15) is 0 Å². The van der Waals surface area contributed by atoms with Crippen LogP contribution in [0.2, 0.25) is 0 Å². The number of ether oxygens (including phenoxy) is 2. The Kier molecular flexibility index (Phi) is 5.16. The number of hydrogen-bond acceptors (Lipinski definition) is 4. The van der Waals surface area contributed by atoms with Gasteiger partial charge in [-0.1, -0.05) is 32.1 Å². The van der Waals surface area contributed by atoms with Gasteiger partial charge in [0.05, 0.1) is 19.3 Å². The van der Waals surface area contributed by atoms with Gasteiger partial charge in [0.2, 0.25) is 0 Å². The molecule has 0 N–H and O–H groups in total. The van der Waals surface area contributed by atoms with Crippen molar-refractivity contribution in [3.05, 3.63) is 48.2 Å². The maximum Gasteiger partial charge on any atom is 0.173 e. The summed E-state index contributed by atoms with van der Waals surface area (Å²) in [6.07, 6.45) is 10.9. The first kappa shape index (κ1) is 19.1. The Bertz CT molecular complexity index is 1160. The summed E-state index contributed by atoms with van der Waals surface area (Å²) in [5, 5.41) is 1.99. The van der Waals surface area contributed by atoms with Crippen molar-refractivity contribution in [2.45, 2.75) is 45.4 Å². The van der Waals surface area contributed by atoms with E-state index in [0.717, 1.165) is 69.3 Å². The van der Waals surface area contributed by atoms with E-state index in [1.165, 1.54) is 32.1 Å². The molecular weight excluding hydrogens is 376 g/mol. The molecule has 5 rings (SSSR count). The van der Waals surface area contributed by atoms with Crippen LogP contribution in [0, 0.1) is 19.1 Å². The Morgan fingerprint density at radius 3 is 2.70 bits per heavy atom. The molecular formula is C26H27O4. The van der Waals surface area contributed by atoms with Crippen LogP contribution in [0.15, 0.2) is 45.2 Å². The van der Waals surface area contributed by atoms with Crippen LogP contribution in [0.4, 0.5) is 0 Å². The highest BCUT2D eigenvalue weighted by molar-refractivity contribution is 6.00. The number of aryl methyl sites for hydroxylation is 1. The van der Waals surface area contributed by atoms with E-state index in [1.54, 1.807) is 7.11 Å². The lowest BCUT2D eigenvalue weighted by atomic mass is 9.87. The van der Waals surface area contributed by atoms with E-state index in [-0.39, 0.29) is 0 Å². The molecule has 1 aliphatic carbocycles. The molecule has 1 fully saturated rings. The van der Waals surface area contributed by atoms with Gasteiger partial charge in [-0.3, -0.25) is 0 Å². The Hall–Kier alpha value is -2.88. The van der Waals surface area contributed by atoms with Gasteiger partial charge in [0.15, 0.2) is 6.26 Å². The van der Waals surface area contributed by atoms with Gasteiger partial charge in [-0.05, 0) is 55.7 Å². The number of furan rings is 2. The van der Waals surface area contributed by atoms with Gasteiger partial charge in [0, 0.05) is 16.3 Å². The molecule has 0 spiro atoms. The molecule has 0 aliphatic heterocycles. The molecule has 2 heterocycles. The first-order valence-corrected chi connectivity index (χ1v) is 10.9. The van der Waals surface area contributed by atoms with Crippen molar-refractivity contribution in [2.75, 3.05) is 13.7 Å². The second-order valence-corrected chi connectivity index (χ2v) is 8.30. The molecule has 0 unspecified atom stereocenters. The molecule has 0 saturated heterocycles. The molecule has 4 heteroatoms. The zero-order valence-electron chi connectivity index (χ0n) is 17.6. The Morgan fingerprint density at radius 2 is 1.87 bits per heavy atom. The average molecular weight is 403 g/mol. The van der Waals surface area contributed by atoms with Gasteiger partial charge >= 0.3 is 0 Å². The molecule has 1 radical (unpaired) electrons. The zero-order chi connectivity index (χ0) is 20.5. The quantitative estimate of drug-likeness (QED) is 0.338. The average Bonchev–Trinajstić information content (AvgIpc) is 3.37. The van der Waals surface area contributed by atoms with Gasteiger partial charge in [-0.25, -0.2) is 0 Å². The van der Waals surface area contributed by atoms with Crippen LogP contribution in [0.1, 0.15) is 44.1 Å². The largest absolute Gasteiger partial charge is 0.496 e. The van der Waals surface area contributed by atoms with E-state index in [9.17, 15) is 0 Å². The summed E-state index contributed by atoms with van der Waals surface area (Å²) in [5.41, 5.74) is 3.43. The molecule has 4 nitrogen and oxygen atoms in total. The minimum absolute atomic E-state index is 0.753. The smallest absolute Gasteiger partial charge is 0.173 e. The maximum atomic E-state index is 6.19. The number of fused-ring (bicyclic) bond motifs is 2. The summed E-state index contributed by atoms with van der Waals surface area (Å²) >= 11 is 0. The second kappa shape index (κ2) is 8.10. The topological polar surface area (TPSA) is 44.7 Å². The summed E-state index contributed by atoms with van der Waals surface area (Å²) < 4.78 is 23.4. The van der Waals surface area contributed by atoms with Crippen molar-refractivity contribution >= 4 is 21.9 Å². The highest BCUT2D eigenvalue weighted by atomic mass is 16.5. The first-order chi connectivity index (χ1) is 14.7. The van der Waals surface area contributed by atoms with E-state index in [1.807, 2.05) is 37.3 Å². The molecule has 2 aromatic heterocycles. The van der Waals surface area contributed by atoms with Crippen LogP contribution < -0.4 is 9.47 Å². The Labute approximate surface area is 176 Å².